The lowest BCUT2D eigenvalue weighted by Crippen LogP contribution is -2.22. The number of hydrogen-bond acceptors (Lipinski definition) is 3. The molecule has 2 aromatic carbocycles. The van der Waals surface area contributed by atoms with Crippen LogP contribution in [-0.4, -0.2) is 17.1 Å². The summed E-state index contributed by atoms with van der Waals surface area (Å²) >= 11 is 1.55. The molecule has 2 amide bonds. The van der Waals surface area contributed by atoms with E-state index in [9.17, 15) is 9.59 Å². The number of benzene rings is 2. The fourth-order valence-electron chi connectivity index (χ4n) is 2.40. The quantitative estimate of drug-likeness (QED) is 0.761. The van der Waals surface area contributed by atoms with Crippen molar-refractivity contribution in [2.45, 2.75) is 50.2 Å². The number of carbonyl (C=O) groups excluding carboxylic acids is 2. The first-order chi connectivity index (χ1) is 12.1. The Kier molecular flexibility index (Phi) is 6.13. The Balaban J connectivity index is 2.08. The normalized spacial score (nSPS) is 12.5. The molecule has 26 heavy (non-hydrogen) atoms. The van der Waals surface area contributed by atoms with Gasteiger partial charge in [0.15, 0.2) is 0 Å². The SMILES string of the molecule is Cc1ccc(C(C)(C)C)cc1SC(C)C(=O)Nc1ccc(C(N)=O)cc1. The Morgan fingerprint density at radius 3 is 2.23 bits per heavy atom. The number of hydrogen-bond donors (Lipinski definition) is 2. The largest absolute Gasteiger partial charge is 0.366 e. The second-order valence-corrected chi connectivity index (χ2v) is 8.80. The first-order valence-electron chi connectivity index (χ1n) is 8.56. The Morgan fingerprint density at radius 2 is 1.69 bits per heavy atom. The van der Waals surface area contributed by atoms with E-state index in [0.717, 1.165) is 10.5 Å². The molecule has 1 unspecified atom stereocenters. The molecule has 0 heterocycles. The Morgan fingerprint density at radius 1 is 1.08 bits per heavy atom. The Labute approximate surface area is 159 Å². The van der Waals surface area contributed by atoms with E-state index in [1.165, 1.54) is 5.56 Å². The molecule has 3 N–H and O–H groups in total. The number of amides is 2. The van der Waals surface area contributed by atoms with Gasteiger partial charge in [0.2, 0.25) is 11.8 Å². The van der Waals surface area contributed by atoms with Crippen molar-refractivity contribution in [1.29, 1.82) is 0 Å². The number of nitrogens with one attached hydrogen (secondary N) is 1. The van der Waals surface area contributed by atoms with Gasteiger partial charge >= 0.3 is 0 Å². The highest BCUT2D eigenvalue weighted by atomic mass is 32.2. The first kappa shape index (κ1) is 20.0. The van der Waals surface area contributed by atoms with E-state index < -0.39 is 5.91 Å². The summed E-state index contributed by atoms with van der Waals surface area (Å²) < 4.78 is 0. The smallest absolute Gasteiger partial charge is 0.248 e. The van der Waals surface area contributed by atoms with Gasteiger partial charge in [-0.3, -0.25) is 9.59 Å². The van der Waals surface area contributed by atoms with Crippen LogP contribution in [0.5, 0.6) is 0 Å². The third kappa shape index (κ3) is 5.11. The molecule has 0 saturated heterocycles. The zero-order valence-corrected chi connectivity index (χ0v) is 16.7. The molecular formula is C21H26N2O2S. The van der Waals surface area contributed by atoms with E-state index in [2.05, 4.69) is 51.2 Å². The van der Waals surface area contributed by atoms with Crippen LogP contribution in [0.25, 0.3) is 0 Å². The highest BCUT2D eigenvalue weighted by Crippen LogP contribution is 2.32. The molecule has 0 radical (unpaired) electrons. The molecule has 2 aromatic rings. The lowest BCUT2D eigenvalue weighted by molar-refractivity contribution is -0.115. The number of aryl methyl sites for hydroxylation is 1. The zero-order chi connectivity index (χ0) is 19.5. The Bertz CT molecular complexity index is 808. The average Bonchev–Trinajstić information content (AvgIpc) is 2.56. The molecular weight excluding hydrogens is 344 g/mol. The minimum absolute atomic E-state index is 0.0662. The van der Waals surface area contributed by atoms with E-state index in [-0.39, 0.29) is 16.6 Å². The maximum absolute atomic E-state index is 12.5. The lowest BCUT2D eigenvalue weighted by Gasteiger charge is -2.21. The minimum atomic E-state index is -0.485. The van der Waals surface area contributed by atoms with E-state index >= 15 is 0 Å². The van der Waals surface area contributed by atoms with Crippen molar-refractivity contribution < 1.29 is 9.59 Å². The molecule has 0 spiro atoms. The van der Waals surface area contributed by atoms with E-state index in [4.69, 9.17) is 5.73 Å². The fraction of sp³-hybridized carbons (Fsp3) is 0.333. The molecule has 138 valence electrons. The van der Waals surface area contributed by atoms with Crippen LogP contribution < -0.4 is 11.1 Å². The van der Waals surface area contributed by atoms with Crippen molar-refractivity contribution in [2.75, 3.05) is 5.32 Å². The van der Waals surface area contributed by atoms with E-state index in [1.807, 2.05) is 6.92 Å². The number of nitrogens with two attached hydrogens (primary N) is 1. The Hall–Kier alpha value is -2.27. The van der Waals surface area contributed by atoms with Gasteiger partial charge in [0.05, 0.1) is 5.25 Å². The van der Waals surface area contributed by atoms with Gasteiger partial charge in [-0.2, -0.15) is 0 Å². The number of primary amides is 1. The minimum Gasteiger partial charge on any atom is -0.366 e. The molecule has 1 atom stereocenters. The summed E-state index contributed by atoms with van der Waals surface area (Å²) in [5.41, 5.74) is 8.77. The van der Waals surface area contributed by atoms with Gasteiger partial charge in [-0.15, -0.1) is 11.8 Å². The monoisotopic (exact) mass is 370 g/mol. The molecule has 0 aliphatic carbocycles. The molecule has 0 aliphatic heterocycles. The molecule has 4 nitrogen and oxygen atoms in total. The summed E-state index contributed by atoms with van der Waals surface area (Å²) in [7, 11) is 0. The van der Waals surface area contributed by atoms with Gasteiger partial charge in [0.1, 0.15) is 0 Å². The van der Waals surface area contributed by atoms with Gasteiger partial charge in [-0.1, -0.05) is 32.9 Å². The summed E-state index contributed by atoms with van der Waals surface area (Å²) in [6.45, 7) is 10.5. The predicted octanol–water partition coefficient (Wildman–Crippen LogP) is 4.51. The molecule has 0 aliphatic rings. The van der Waals surface area contributed by atoms with Crippen molar-refractivity contribution in [3.05, 3.63) is 59.2 Å². The predicted molar refractivity (Wildman–Crippen MR) is 109 cm³/mol. The zero-order valence-electron chi connectivity index (χ0n) is 15.9. The second-order valence-electron chi connectivity index (χ2n) is 7.42. The highest BCUT2D eigenvalue weighted by molar-refractivity contribution is 8.00. The molecule has 2 rings (SSSR count). The molecule has 0 aromatic heterocycles. The summed E-state index contributed by atoms with van der Waals surface area (Å²) in [6.07, 6.45) is 0. The maximum Gasteiger partial charge on any atom is 0.248 e. The molecule has 0 bridgehead atoms. The van der Waals surface area contributed by atoms with Crippen LogP contribution in [0.15, 0.2) is 47.4 Å². The van der Waals surface area contributed by atoms with Crippen LogP contribution in [-0.2, 0) is 10.2 Å². The van der Waals surface area contributed by atoms with Gasteiger partial charge in [-0.25, -0.2) is 0 Å². The summed E-state index contributed by atoms with van der Waals surface area (Å²) in [5, 5.41) is 2.63. The average molecular weight is 371 g/mol. The van der Waals surface area contributed by atoms with E-state index in [0.29, 0.717) is 11.3 Å². The van der Waals surface area contributed by atoms with Crippen LogP contribution in [0.1, 0.15) is 49.2 Å². The lowest BCUT2D eigenvalue weighted by atomic mass is 9.87. The summed E-state index contributed by atoms with van der Waals surface area (Å²) in [4.78, 5) is 24.7. The number of carbonyl (C=O) groups is 2. The molecule has 0 fully saturated rings. The maximum atomic E-state index is 12.5. The summed E-state index contributed by atoms with van der Waals surface area (Å²) in [6, 6.07) is 13.0. The van der Waals surface area contributed by atoms with Crippen LogP contribution >= 0.6 is 11.8 Å². The van der Waals surface area contributed by atoms with Gasteiger partial charge in [0, 0.05) is 16.1 Å². The standard InChI is InChI=1S/C21H26N2O2S/c1-13-6-9-16(21(3,4)5)12-18(13)26-14(2)20(25)23-17-10-7-15(8-11-17)19(22)24/h6-12,14H,1-5H3,(H2,22,24)(H,23,25). The van der Waals surface area contributed by atoms with Crippen molar-refractivity contribution in [3.63, 3.8) is 0 Å². The fourth-order valence-corrected chi connectivity index (χ4v) is 3.40. The third-order valence-corrected chi connectivity index (χ3v) is 5.43. The molecule has 5 heteroatoms. The number of rotatable bonds is 5. The topological polar surface area (TPSA) is 72.2 Å². The van der Waals surface area contributed by atoms with Crippen LogP contribution in [0, 0.1) is 6.92 Å². The second kappa shape index (κ2) is 7.96. The summed E-state index contributed by atoms with van der Waals surface area (Å²) in [5.74, 6) is -0.566. The van der Waals surface area contributed by atoms with Crippen molar-refractivity contribution >= 4 is 29.3 Å². The van der Waals surface area contributed by atoms with Crippen molar-refractivity contribution in [3.8, 4) is 0 Å². The van der Waals surface area contributed by atoms with Crippen LogP contribution in [0.4, 0.5) is 5.69 Å². The highest BCUT2D eigenvalue weighted by Gasteiger charge is 2.19. The van der Waals surface area contributed by atoms with Crippen LogP contribution in [0.2, 0.25) is 0 Å². The molecule has 0 saturated carbocycles. The number of thioether (sulfide) groups is 1. The van der Waals surface area contributed by atoms with E-state index in [1.54, 1.807) is 36.0 Å². The van der Waals surface area contributed by atoms with Crippen molar-refractivity contribution in [2.24, 2.45) is 5.73 Å². The van der Waals surface area contributed by atoms with Gasteiger partial charge < -0.3 is 11.1 Å². The van der Waals surface area contributed by atoms with Crippen LogP contribution in [0.3, 0.4) is 0 Å². The first-order valence-corrected chi connectivity index (χ1v) is 9.44. The number of anilines is 1. The third-order valence-electron chi connectivity index (χ3n) is 4.16. The van der Waals surface area contributed by atoms with Gasteiger partial charge in [-0.05, 0) is 60.7 Å². The van der Waals surface area contributed by atoms with Gasteiger partial charge in [0.25, 0.3) is 0 Å². The van der Waals surface area contributed by atoms with Crippen molar-refractivity contribution in [1.82, 2.24) is 0 Å².